The van der Waals surface area contributed by atoms with Gasteiger partial charge in [0.15, 0.2) is 0 Å². The number of hydrogen-bond donors (Lipinski definition) is 2. The zero-order chi connectivity index (χ0) is 23.6. The summed E-state index contributed by atoms with van der Waals surface area (Å²) >= 11 is 0. The third-order valence-corrected chi connectivity index (χ3v) is 5.33. The van der Waals surface area contributed by atoms with Gasteiger partial charge in [0.25, 0.3) is 0 Å². The highest BCUT2D eigenvalue weighted by atomic mass is 16.6. The second kappa shape index (κ2) is 11.8. The molecule has 0 aliphatic heterocycles. The molecule has 6 heteroatoms. The topological polar surface area (TPSA) is 94.3 Å². The molecule has 174 valence electrons. The van der Waals surface area contributed by atoms with Crippen LogP contribution in [0.25, 0.3) is 0 Å². The molecule has 0 fully saturated rings. The van der Waals surface area contributed by atoms with Crippen molar-refractivity contribution in [2.24, 2.45) is 5.73 Å². The van der Waals surface area contributed by atoms with Crippen LogP contribution < -0.4 is 11.1 Å². The Kier molecular flexibility index (Phi) is 9.39. The Labute approximate surface area is 192 Å². The number of pyridine rings is 1. The van der Waals surface area contributed by atoms with E-state index in [9.17, 15) is 9.59 Å². The number of hydrogen-bond acceptors (Lipinski definition) is 5. The minimum Gasteiger partial charge on any atom is -0.459 e. The molecule has 0 saturated carbocycles. The minimum absolute atomic E-state index is 0.319. The maximum Gasteiger partial charge on any atom is 0.316 e. The molecule has 0 aliphatic carbocycles. The standard InChI is InChI=1S/C26H37N3O3/c1-5-6-16-26(27,24(31)29-17-10-11-20-14-18-28-19-15-20)22(21-12-8-7-9-13-21)23(30)32-25(2,3)4/h7-9,12-15,18-19,22H,5-6,10-11,16-17,27H2,1-4H3,(H,29,31). The maximum absolute atomic E-state index is 13.4. The first kappa shape index (κ1) is 25.5. The van der Waals surface area contributed by atoms with Crippen LogP contribution in [0.4, 0.5) is 0 Å². The summed E-state index contributed by atoms with van der Waals surface area (Å²) in [6.45, 7) is 7.96. The third kappa shape index (κ3) is 7.45. The molecule has 1 aromatic heterocycles. The summed E-state index contributed by atoms with van der Waals surface area (Å²) in [5.41, 5.74) is 6.56. The fourth-order valence-electron chi connectivity index (χ4n) is 3.72. The van der Waals surface area contributed by atoms with Gasteiger partial charge in [0.2, 0.25) is 5.91 Å². The van der Waals surface area contributed by atoms with Crippen LogP contribution in [-0.2, 0) is 20.7 Å². The molecular weight excluding hydrogens is 402 g/mol. The van der Waals surface area contributed by atoms with E-state index in [1.807, 2.05) is 70.2 Å². The quantitative estimate of drug-likeness (QED) is 0.405. The molecule has 2 rings (SSSR count). The average Bonchev–Trinajstić information content (AvgIpc) is 2.75. The van der Waals surface area contributed by atoms with E-state index in [2.05, 4.69) is 10.3 Å². The molecule has 2 atom stereocenters. The van der Waals surface area contributed by atoms with Gasteiger partial charge in [-0.25, -0.2) is 0 Å². The molecule has 0 spiro atoms. The number of amides is 1. The zero-order valence-corrected chi connectivity index (χ0v) is 19.8. The first-order valence-corrected chi connectivity index (χ1v) is 11.4. The number of carbonyl (C=O) groups excluding carboxylic acids is 2. The summed E-state index contributed by atoms with van der Waals surface area (Å²) in [6, 6.07) is 13.2. The highest BCUT2D eigenvalue weighted by Gasteiger charge is 2.48. The van der Waals surface area contributed by atoms with Gasteiger partial charge in [-0.05, 0) is 63.3 Å². The van der Waals surface area contributed by atoms with Crippen molar-refractivity contribution in [2.75, 3.05) is 6.54 Å². The molecular formula is C26H37N3O3. The molecule has 1 heterocycles. The number of ether oxygens (including phenoxy) is 1. The van der Waals surface area contributed by atoms with E-state index in [-0.39, 0.29) is 5.91 Å². The van der Waals surface area contributed by atoms with Gasteiger partial charge in [-0.2, -0.15) is 0 Å². The van der Waals surface area contributed by atoms with E-state index in [4.69, 9.17) is 10.5 Å². The first-order chi connectivity index (χ1) is 15.2. The van der Waals surface area contributed by atoms with Gasteiger partial charge in [-0.3, -0.25) is 14.6 Å². The second-order valence-electron chi connectivity index (χ2n) is 9.24. The van der Waals surface area contributed by atoms with Gasteiger partial charge >= 0.3 is 5.97 Å². The van der Waals surface area contributed by atoms with Crippen LogP contribution in [-0.4, -0.2) is 34.5 Å². The summed E-state index contributed by atoms with van der Waals surface area (Å²) in [7, 11) is 0. The molecule has 1 amide bonds. The van der Waals surface area contributed by atoms with Crippen molar-refractivity contribution in [1.29, 1.82) is 0 Å². The van der Waals surface area contributed by atoms with Gasteiger partial charge in [0, 0.05) is 18.9 Å². The van der Waals surface area contributed by atoms with Gasteiger partial charge in [0.05, 0.1) is 0 Å². The van der Waals surface area contributed by atoms with E-state index in [0.717, 1.165) is 31.2 Å². The lowest BCUT2D eigenvalue weighted by Crippen LogP contribution is -2.60. The van der Waals surface area contributed by atoms with Crippen molar-refractivity contribution < 1.29 is 14.3 Å². The van der Waals surface area contributed by atoms with Gasteiger partial charge in [-0.15, -0.1) is 0 Å². The van der Waals surface area contributed by atoms with Crippen LogP contribution in [0.2, 0.25) is 0 Å². The van der Waals surface area contributed by atoms with E-state index < -0.39 is 23.0 Å². The Bertz CT molecular complexity index is 850. The highest BCUT2D eigenvalue weighted by molar-refractivity contribution is 5.95. The van der Waals surface area contributed by atoms with E-state index in [0.29, 0.717) is 18.5 Å². The van der Waals surface area contributed by atoms with Gasteiger partial charge in [-0.1, -0.05) is 50.1 Å². The molecule has 32 heavy (non-hydrogen) atoms. The Balaban J connectivity index is 2.23. The number of rotatable bonds is 11. The van der Waals surface area contributed by atoms with Crippen molar-refractivity contribution in [3.05, 3.63) is 66.0 Å². The minimum atomic E-state index is -1.41. The summed E-state index contributed by atoms with van der Waals surface area (Å²) in [4.78, 5) is 30.7. The van der Waals surface area contributed by atoms with Crippen LogP contribution >= 0.6 is 0 Å². The fraction of sp³-hybridized carbons (Fsp3) is 0.500. The van der Waals surface area contributed by atoms with Crippen molar-refractivity contribution in [1.82, 2.24) is 10.3 Å². The summed E-state index contributed by atoms with van der Waals surface area (Å²) in [5.74, 6) is -1.69. The molecule has 0 aliphatic rings. The average molecular weight is 440 g/mol. The van der Waals surface area contributed by atoms with E-state index >= 15 is 0 Å². The number of esters is 1. The molecule has 3 N–H and O–H groups in total. The monoisotopic (exact) mass is 439 g/mol. The van der Waals surface area contributed by atoms with Gasteiger partial charge < -0.3 is 15.8 Å². The maximum atomic E-state index is 13.4. The van der Waals surface area contributed by atoms with E-state index in [1.54, 1.807) is 12.4 Å². The number of aromatic nitrogens is 1. The Morgan fingerprint density at radius 1 is 1.06 bits per heavy atom. The lowest BCUT2D eigenvalue weighted by atomic mass is 9.75. The first-order valence-electron chi connectivity index (χ1n) is 11.4. The van der Waals surface area contributed by atoms with Crippen molar-refractivity contribution in [3.63, 3.8) is 0 Å². The zero-order valence-electron chi connectivity index (χ0n) is 19.8. The Hall–Kier alpha value is -2.73. The molecule has 0 radical (unpaired) electrons. The van der Waals surface area contributed by atoms with Crippen molar-refractivity contribution in [3.8, 4) is 0 Å². The number of nitrogens with two attached hydrogens (primary N) is 1. The SMILES string of the molecule is CCCCC(N)(C(=O)NCCCc1ccncc1)C(C(=O)OC(C)(C)C)c1ccccc1. The largest absolute Gasteiger partial charge is 0.459 e. The van der Waals surface area contributed by atoms with Crippen LogP contribution in [0.5, 0.6) is 0 Å². The molecule has 1 aromatic carbocycles. The van der Waals surface area contributed by atoms with Crippen LogP contribution in [0.15, 0.2) is 54.9 Å². The lowest BCUT2D eigenvalue weighted by Gasteiger charge is -2.36. The highest BCUT2D eigenvalue weighted by Crippen LogP contribution is 2.34. The predicted octanol–water partition coefficient (Wildman–Crippen LogP) is 4.14. The third-order valence-electron chi connectivity index (χ3n) is 5.33. The number of nitrogens with one attached hydrogen (secondary N) is 1. The summed E-state index contributed by atoms with van der Waals surface area (Å²) in [5, 5.41) is 2.98. The molecule has 0 bridgehead atoms. The molecule has 0 saturated heterocycles. The van der Waals surface area contributed by atoms with Crippen LogP contribution in [0.3, 0.4) is 0 Å². The summed E-state index contributed by atoms with van der Waals surface area (Å²) in [6.07, 6.45) is 7.09. The van der Waals surface area contributed by atoms with Crippen molar-refractivity contribution >= 4 is 11.9 Å². The fourth-order valence-corrected chi connectivity index (χ4v) is 3.72. The van der Waals surface area contributed by atoms with Crippen LogP contribution in [0, 0.1) is 0 Å². The smallest absolute Gasteiger partial charge is 0.316 e. The normalized spacial score (nSPS) is 14.3. The lowest BCUT2D eigenvalue weighted by molar-refractivity contribution is -0.160. The second-order valence-corrected chi connectivity index (χ2v) is 9.24. The van der Waals surface area contributed by atoms with Gasteiger partial charge in [0.1, 0.15) is 17.1 Å². The number of carbonyl (C=O) groups is 2. The Morgan fingerprint density at radius 2 is 1.72 bits per heavy atom. The number of aryl methyl sites for hydroxylation is 1. The number of unbranched alkanes of at least 4 members (excludes halogenated alkanes) is 1. The predicted molar refractivity (Wildman–Crippen MR) is 127 cm³/mol. The van der Waals surface area contributed by atoms with E-state index in [1.165, 1.54) is 0 Å². The summed E-state index contributed by atoms with van der Waals surface area (Å²) < 4.78 is 5.71. The van der Waals surface area contributed by atoms with Crippen LogP contribution in [0.1, 0.15) is 70.4 Å². The number of nitrogens with zero attached hydrogens (tertiary/aromatic N) is 1. The molecule has 6 nitrogen and oxygen atoms in total. The Morgan fingerprint density at radius 3 is 2.31 bits per heavy atom. The number of benzene rings is 1. The molecule has 2 unspecified atom stereocenters. The van der Waals surface area contributed by atoms with Crippen molar-refractivity contribution in [2.45, 2.75) is 76.9 Å². The molecule has 2 aromatic rings.